The number of nitrogens with zero attached hydrogens (tertiary/aromatic N) is 6. The number of anilines is 2. The van der Waals surface area contributed by atoms with Crippen molar-refractivity contribution in [1.29, 1.82) is 5.26 Å². The van der Waals surface area contributed by atoms with Gasteiger partial charge in [0.15, 0.2) is 10.9 Å². The largest absolute Gasteiger partial charge is 0.477 e. The van der Waals surface area contributed by atoms with Gasteiger partial charge in [-0.1, -0.05) is 45.0 Å². The molecule has 6 rings (SSSR count). The first-order valence-corrected chi connectivity index (χ1v) is 25.0. The number of rotatable bonds is 21. The van der Waals surface area contributed by atoms with Gasteiger partial charge < -0.3 is 34.6 Å². The zero-order valence-electron chi connectivity index (χ0n) is 41.4. The van der Waals surface area contributed by atoms with Crippen molar-refractivity contribution in [2.75, 3.05) is 49.4 Å². The summed E-state index contributed by atoms with van der Waals surface area (Å²) in [4.78, 5) is 67.4. The Labute approximate surface area is 426 Å². The van der Waals surface area contributed by atoms with Gasteiger partial charge in [0.2, 0.25) is 23.6 Å². The molecule has 4 heterocycles. The van der Waals surface area contributed by atoms with Crippen LogP contribution in [0.2, 0.25) is 0 Å². The summed E-state index contributed by atoms with van der Waals surface area (Å²) < 4.78 is 73.9. The fraction of sp³-hybridized carbons (Fsp3) is 0.490. The van der Waals surface area contributed by atoms with Crippen LogP contribution in [0.25, 0.3) is 10.4 Å². The van der Waals surface area contributed by atoms with Crippen molar-refractivity contribution in [3.63, 3.8) is 0 Å². The second kappa shape index (κ2) is 23.6. The van der Waals surface area contributed by atoms with Crippen LogP contribution in [0.3, 0.4) is 0 Å². The van der Waals surface area contributed by atoms with Gasteiger partial charge in [-0.05, 0) is 113 Å². The highest BCUT2D eigenvalue weighted by Gasteiger charge is 2.52. The molecule has 2 aromatic heterocycles. The lowest BCUT2D eigenvalue weighted by Crippen LogP contribution is -2.58. The Hall–Kier alpha value is -6.08. The van der Waals surface area contributed by atoms with Crippen molar-refractivity contribution >= 4 is 63.7 Å². The number of alkyl halides is 3. The summed E-state index contributed by atoms with van der Waals surface area (Å²) in [6.45, 7) is 14.4. The Morgan fingerprint density at radius 3 is 2.33 bits per heavy atom. The van der Waals surface area contributed by atoms with Crippen LogP contribution in [0.4, 0.5) is 28.9 Å². The van der Waals surface area contributed by atoms with E-state index in [0.717, 1.165) is 46.7 Å². The molecule has 2 aliphatic heterocycles. The molecular weight excluding hydrogens is 977 g/mol. The molecule has 15 nitrogen and oxygen atoms in total. The lowest BCUT2D eigenvalue weighted by Gasteiger charge is -2.35. The van der Waals surface area contributed by atoms with Gasteiger partial charge in [-0.25, -0.2) is 14.4 Å². The van der Waals surface area contributed by atoms with Crippen LogP contribution in [-0.4, -0.2) is 101 Å². The van der Waals surface area contributed by atoms with E-state index in [0.29, 0.717) is 80.6 Å². The van der Waals surface area contributed by atoms with E-state index in [2.05, 4.69) is 20.6 Å². The summed E-state index contributed by atoms with van der Waals surface area (Å²) in [6.07, 6.45) is 0.237. The van der Waals surface area contributed by atoms with E-state index in [1.54, 1.807) is 29.2 Å². The molecule has 4 amide bonds. The summed E-state index contributed by atoms with van der Waals surface area (Å²) in [5.74, 6) is -3.18. The minimum absolute atomic E-state index is 0.231. The topological polar surface area (TPSA) is 179 Å². The van der Waals surface area contributed by atoms with Gasteiger partial charge >= 0.3 is 6.18 Å². The maximum absolute atomic E-state index is 15.4. The smallest absolute Gasteiger partial charge is 0.420 e. The van der Waals surface area contributed by atoms with Crippen LogP contribution in [-0.2, 0) is 41.4 Å². The zero-order valence-corrected chi connectivity index (χ0v) is 43.0. The number of carbonyl (C=O) groups excluding carboxylic acids is 4. The Kier molecular flexibility index (Phi) is 18.1. The summed E-state index contributed by atoms with van der Waals surface area (Å²) in [6, 6.07) is 11.2. The average molecular weight is 1040 g/mol. The first kappa shape index (κ1) is 55.2. The fourth-order valence-electron chi connectivity index (χ4n) is 8.53. The lowest BCUT2D eigenvalue weighted by molar-refractivity contribution is -0.144. The molecule has 0 unspecified atom stereocenters. The van der Waals surface area contributed by atoms with Crippen LogP contribution in [0.5, 0.6) is 5.88 Å². The van der Waals surface area contributed by atoms with Crippen molar-refractivity contribution < 1.29 is 51.0 Å². The Bertz CT molecular complexity index is 2670. The van der Waals surface area contributed by atoms with Gasteiger partial charge in [0, 0.05) is 38.5 Å². The third kappa shape index (κ3) is 12.9. The number of halogens is 4. The molecule has 386 valence electrons. The van der Waals surface area contributed by atoms with Gasteiger partial charge in [-0.2, -0.15) is 18.4 Å². The first-order chi connectivity index (χ1) is 34.1. The second-order valence-electron chi connectivity index (χ2n) is 19.2. The highest BCUT2D eigenvalue weighted by molar-refractivity contribution is 7.81. The van der Waals surface area contributed by atoms with E-state index < -0.39 is 63.7 Å². The normalized spacial score (nSPS) is 16.2. The maximum atomic E-state index is 15.4. The molecule has 2 aliphatic rings. The molecule has 2 aromatic carbocycles. The molecule has 2 N–H and O–H groups in total. The van der Waals surface area contributed by atoms with E-state index in [4.69, 9.17) is 26.4 Å². The molecule has 0 saturated carbocycles. The van der Waals surface area contributed by atoms with Gasteiger partial charge in [0.1, 0.15) is 29.8 Å². The van der Waals surface area contributed by atoms with E-state index in [9.17, 15) is 37.6 Å². The number of benzene rings is 2. The highest BCUT2D eigenvalue weighted by Crippen LogP contribution is 2.42. The minimum Gasteiger partial charge on any atom is -0.477 e. The third-order valence-corrected chi connectivity index (χ3v) is 13.7. The molecular formula is C51H60F4N8O7S2. The number of likely N-dealkylation sites (tertiary alicyclic amines) is 1. The van der Waals surface area contributed by atoms with Crippen LogP contribution < -0.4 is 25.2 Å². The second-order valence-corrected chi connectivity index (χ2v) is 20.4. The number of aromatic nitrogens is 2. The first-order valence-electron chi connectivity index (χ1n) is 23.7. The van der Waals surface area contributed by atoms with Gasteiger partial charge in [0.05, 0.1) is 51.9 Å². The highest BCUT2D eigenvalue weighted by atomic mass is 32.1. The minimum atomic E-state index is -5.19. The molecule has 2 fully saturated rings. The van der Waals surface area contributed by atoms with Crippen LogP contribution in [0, 0.1) is 36.4 Å². The fourth-order valence-corrected chi connectivity index (χ4v) is 9.86. The van der Waals surface area contributed by atoms with Gasteiger partial charge in [0.25, 0.3) is 5.91 Å². The molecule has 0 radical (unpaired) electrons. The SMILES string of the molecule is Cc1cc(N2C(=S)N(c3ccc(C#N)c(C(F)(F)F)c3F)C(=O)C2(C)C)cnc1OCCCCCOCCCOCC(=O)N[C@H](C(=O)N1CCC[C@H]1C(=O)NCc1ccc(-c2scnc2C)cc1)C(C)(C)C. The number of hydrogen-bond acceptors (Lipinski definition) is 12. The zero-order chi connectivity index (χ0) is 52.5. The van der Waals surface area contributed by atoms with E-state index in [1.165, 1.54) is 31.0 Å². The predicted octanol–water partition coefficient (Wildman–Crippen LogP) is 8.58. The van der Waals surface area contributed by atoms with Crippen LogP contribution >= 0.6 is 23.6 Å². The molecule has 0 bridgehead atoms. The number of amides is 4. The molecule has 2 saturated heterocycles. The number of thiocarbonyl (C=S) groups is 1. The average Bonchev–Trinajstić information content (AvgIpc) is 4.03. The lowest BCUT2D eigenvalue weighted by atomic mass is 9.85. The molecule has 72 heavy (non-hydrogen) atoms. The number of thiazole rings is 1. The standard InChI is InChI=1S/C51H60F4N8O7S2/c1-31-25-36(63-48(71)62(47(67)50(63,6)7)37-19-18-35(26-56)40(41(37)52)51(53,54)55)28-58-45(31)70-24-10-8-9-21-68-22-12-23-69-29-39(64)60-43(49(3,4)5)46(66)61-20-11-13-38(61)44(65)57-27-33-14-16-34(17-15-33)42-32(2)59-30-72-42/h14-19,25,28,30,38,43H,8-13,20-24,27,29H2,1-7H3,(H,57,65)(H,60,64)/t38-,43+/m0/s1. The predicted molar refractivity (Wildman–Crippen MR) is 268 cm³/mol. The summed E-state index contributed by atoms with van der Waals surface area (Å²) >= 11 is 7.11. The Balaban J connectivity index is 0.861. The van der Waals surface area contributed by atoms with Crippen LogP contribution in [0.15, 0.2) is 54.2 Å². The van der Waals surface area contributed by atoms with Gasteiger partial charge in [-0.15, -0.1) is 11.3 Å². The number of nitriles is 1. The molecule has 2 atom stereocenters. The van der Waals surface area contributed by atoms with Crippen molar-refractivity contribution in [2.24, 2.45) is 5.41 Å². The summed E-state index contributed by atoms with van der Waals surface area (Å²) in [5, 5.41) is 14.8. The van der Waals surface area contributed by atoms with E-state index >= 15 is 4.39 Å². The number of nitrogens with one attached hydrogen (secondary N) is 2. The number of pyridine rings is 1. The summed E-state index contributed by atoms with van der Waals surface area (Å²) in [7, 11) is 0. The third-order valence-electron chi connectivity index (χ3n) is 12.4. The number of hydrogen-bond donors (Lipinski definition) is 2. The number of ether oxygens (including phenoxy) is 3. The van der Waals surface area contributed by atoms with Gasteiger partial charge in [-0.3, -0.25) is 24.1 Å². The van der Waals surface area contributed by atoms with E-state index in [-0.39, 0.29) is 30.1 Å². The quantitative estimate of drug-likeness (QED) is 0.0462. The summed E-state index contributed by atoms with van der Waals surface area (Å²) in [5.41, 5.74) is 0.249. The molecule has 0 spiro atoms. The van der Waals surface area contributed by atoms with Crippen molar-refractivity contribution in [3.8, 4) is 22.4 Å². The maximum Gasteiger partial charge on any atom is 0.420 e. The number of aryl methyl sites for hydroxylation is 2. The van der Waals surface area contributed by atoms with Crippen molar-refractivity contribution in [1.82, 2.24) is 25.5 Å². The van der Waals surface area contributed by atoms with Crippen LogP contribution in [0.1, 0.15) is 101 Å². The number of unbranched alkanes of at least 4 members (excludes halogenated alkanes) is 2. The molecule has 21 heteroatoms. The van der Waals surface area contributed by atoms with Crippen molar-refractivity contribution in [2.45, 2.75) is 117 Å². The molecule has 4 aromatic rings. The Morgan fingerprint density at radius 2 is 1.68 bits per heavy atom. The molecule has 0 aliphatic carbocycles. The van der Waals surface area contributed by atoms with Crippen molar-refractivity contribution in [3.05, 3.63) is 87.9 Å². The number of carbonyl (C=O) groups is 4. The monoisotopic (exact) mass is 1040 g/mol. The van der Waals surface area contributed by atoms with E-state index in [1.807, 2.05) is 57.5 Å². The Morgan fingerprint density at radius 1 is 0.986 bits per heavy atom.